The van der Waals surface area contributed by atoms with Crippen LogP contribution in [-0.2, 0) is 0 Å². The number of piperazine rings is 1. The minimum atomic E-state index is 0.00783. The molecule has 25 heavy (non-hydrogen) atoms. The van der Waals surface area contributed by atoms with Crippen LogP contribution in [0.4, 0.5) is 0 Å². The van der Waals surface area contributed by atoms with Crippen molar-refractivity contribution in [3.63, 3.8) is 0 Å². The molecule has 1 fully saturated rings. The summed E-state index contributed by atoms with van der Waals surface area (Å²) in [5.41, 5.74) is 3.59. The van der Waals surface area contributed by atoms with Crippen molar-refractivity contribution in [1.29, 1.82) is 0 Å². The average molecular weight is 337 g/mol. The molecule has 0 aliphatic carbocycles. The molecular weight excluding hydrogens is 314 g/mol. The number of nitrogens with zero attached hydrogens (tertiary/aromatic N) is 3. The Hall–Kier alpha value is -2.53. The SMILES string of the molecule is Cc1ccc(C(=O)CN2CCN(C(=O)c3cccnc3)CC2)c(C)c1. The van der Waals surface area contributed by atoms with Crippen molar-refractivity contribution in [1.82, 2.24) is 14.8 Å². The molecule has 0 radical (unpaired) electrons. The van der Waals surface area contributed by atoms with Crippen molar-refractivity contribution >= 4 is 11.7 Å². The number of hydrogen-bond acceptors (Lipinski definition) is 4. The standard InChI is InChI=1S/C20H23N3O2/c1-15-5-6-18(16(2)12-15)19(24)14-22-8-10-23(11-9-22)20(25)17-4-3-7-21-13-17/h3-7,12-13H,8-11,14H2,1-2H3. The number of aryl methyl sites for hydroxylation is 2. The zero-order valence-electron chi connectivity index (χ0n) is 14.7. The van der Waals surface area contributed by atoms with Gasteiger partial charge in [-0.15, -0.1) is 0 Å². The van der Waals surface area contributed by atoms with Gasteiger partial charge in [0.2, 0.25) is 0 Å². The number of aromatic nitrogens is 1. The summed E-state index contributed by atoms with van der Waals surface area (Å²) < 4.78 is 0. The Morgan fingerprint density at radius 2 is 1.84 bits per heavy atom. The number of amides is 1. The molecule has 3 rings (SSSR count). The lowest BCUT2D eigenvalue weighted by Gasteiger charge is -2.34. The zero-order chi connectivity index (χ0) is 17.8. The van der Waals surface area contributed by atoms with E-state index >= 15 is 0 Å². The summed E-state index contributed by atoms with van der Waals surface area (Å²) in [6.45, 7) is 7.09. The molecule has 0 unspecified atom stereocenters. The summed E-state index contributed by atoms with van der Waals surface area (Å²) in [7, 11) is 0. The predicted molar refractivity (Wildman–Crippen MR) is 96.8 cm³/mol. The molecule has 5 heteroatoms. The maximum atomic E-state index is 12.6. The van der Waals surface area contributed by atoms with Crippen LogP contribution in [0.5, 0.6) is 0 Å². The van der Waals surface area contributed by atoms with Crippen LogP contribution in [0.1, 0.15) is 31.8 Å². The number of benzene rings is 1. The average Bonchev–Trinajstić information content (AvgIpc) is 2.62. The molecule has 5 nitrogen and oxygen atoms in total. The van der Waals surface area contributed by atoms with Crippen molar-refractivity contribution in [2.45, 2.75) is 13.8 Å². The number of carbonyl (C=O) groups is 2. The lowest BCUT2D eigenvalue weighted by Crippen LogP contribution is -2.50. The Morgan fingerprint density at radius 1 is 1.08 bits per heavy atom. The first-order chi connectivity index (χ1) is 12.0. The van der Waals surface area contributed by atoms with E-state index in [1.807, 2.05) is 36.9 Å². The van der Waals surface area contributed by atoms with E-state index in [-0.39, 0.29) is 11.7 Å². The van der Waals surface area contributed by atoms with Gasteiger partial charge < -0.3 is 4.90 Å². The fraction of sp³-hybridized carbons (Fsp3) is 0.350. The molecule has 130 valence electrons. The van der Waals surface area contributed by atoms with Crippen LogP contribution in [0.3, 0.4) is 0 Å². The highest BCUT2D eigenvalue weighted by Gasteiger charge is 2.24. The number of pyridine rings is 1. The lowest BCUT2D eigenvalue weighted by atomic mass is 10.0. The van der Waals surface area contributed by atoms with Gasteiger partial charge in [-0.25, -0.2) is 0 Å². The second-order valence-electron chi connectivity index (χ2n) is 6.55. The van der Waals surface area contributed by atoms with E-state index < -0.39 is 0 Å². The Kier molecular flexibility index (Phi) is 5.24. The first kappa shape index (κ1) is 17.3. The largest absolute Gasteiger partial charge is 0.336 e. The van der Waals surface area contributed by atoms with Gasteiger partial charge in [0, 0.05) is 44.1 Å². The van der Waals surface area contributed by atoms with Gasteiger partial charge in [0.25, 0.3) is 5.91 Å². The minimum absolute atomic E-state index is 0.00783. The Morgan fingerprint density at radius 3 is 2.48 bits per heavy atom. The maximum Gasteiger partial charge on any atom is 0.255 e. The highest BCUT2D eigenvalue weighted by molar-refractivity contribution is 5.99. The third-order valence-electron chi connectivity index (χ3n) is 4.62. The van der Waals surface area contributed by atoms with E-state index in [4.69, 9.17) is 0 Å². The van der Waals surface area contributed by atoms with Crippen LogP contribution in [0.2, 0.25) is 0 Å². The van der Waals surface area contributed by atoms with E-state index in [0.717, 1.165) is 16.7 Å². The first-order valence-corrected chi connectivity index (χ1v) is 8.56. The van der Waals surface area contributed by atoms with Crippen LogP contribution in [0, 0.1) is 13.8 Å². The van der Waals surface area contributed by atoms with Crippen LogP contribution in [-0.4, -0.2) is 59.2 Å². The summed E-state index contributed by atoms with van der Waals surface area (Å²) in [5, 5.41) is 0. The number of Topliss-reactive ketones (excluding diaryl/α,β-unsaturated/α-hetero) is 1. The fourth-order valence-corrected chi connectivity index (χ4v) is 3.20. The second-order valence-corrected chi connectivity index (χ2v) is 6.55. The number of hydrogen-bond donors (Lipinski definition) is 0. The summed E-state index contributed by atoms with van der Waals surface area (Å²) in [6, 6.07) is 9.48. The molecule has 0 N–H and O–H groups in total. The highest BCUT2D eigenvalue weighted by atomic mass is 16.2. The Balaban J connectivity index is 1.56. The maximum absolute atomic E-state index is 12.6. The molecule has 1 aliphatic heterocycles. The molecule has 1 amide bonds. The van der Waals surface area contributed by atoms with Gasteiger partial charge in [-0.2, -0.15) is 0 Å². The monoisotopic (exact) mass is 337 g/mol. The van der Waals surface area contributed by atoms with E-state index in [9.17, 15) is 9.59 Å². The highest BCUT2D eigenvalue weighted by Crippen LogP contribution is 2.13. The van der Waals surface area contributed by atoms with Crippen molar-refractivity contribution in [3.8, 4) is 0 Å². The van der Waals surface area contributed by atoms with E-state index in [1.54, 1.807) is 24.5 Å². The molecule has 1 aromatic heterocycles. The lowest BCUT2D eigenvalue weighted by molar-refractivity contribution is 0.0624. The van der Waals surface area contributed by atoms with Crippen LogP contribution < -0.4 is 0 Å². The fourth-order valence-electron chi connectivity index (χ4n) is 3.20. The van der Waals surface area contributed by atoms with Gasteiger partial charge in [-0.05, 0) is 31.5 Å². The van der Waals surface area contributed by atoms with Gasteiger partial charge in [-0.3, -0.25) is 19.5 Å². The number of carbonyl (C=O) groups excluding carboxylic acids is 2. The third kappa shape index (κ3) is 4.12. The molecule has 1 aromatic carbocycles. The zero-order valence-corrected chi connectivity index (χ0v) is 14.7. The summed E-state index contributed by atoms with van der Waals surface area (Å²) in [6.07, 6.45) is 3.26. The van der Waals surface area contributed by atoms with Crippen molar-refractivity contribution < 1.29 is 9.59 Å². The van der Waals surface area contributed by atoms with E-state index in [1.165, 1.54) is 0 Å². The molecule has 0 atom stereocenters. The number of ketones is 1. The third-order valence-corrected chi connectivity index (χ3v) is 4.62. The quantitative estimate of drug-likeness (QED) is 0.804. The van der Waals surface area contributed by atoms with Crippen LogP contribution in [0.25, 0.3) is 0 Å². The minimum Gasteiger partial charge on any atom is -0.336 e. The molecule has 1 aliphatic rings. The molecule has 0 saturated carbocycles. The van der Waals surface area contributed by atoms with Crippen molar-refractivity contribution in [2.75, 3.05) is 32.7 Å². The Labute approximate surface area is 148 Å². The van der Waals surface area contributed by atoms with Gasteiger partial charge in [0.05, 0.1) is 12.1 Å². The van der Waals surface area contributed by atoms with Crippen LogP contribution >= 0.6 is 0 Å². The predicted octanol–water partition coefficient (Wildman–Crippen LogP) is 2.34. The summed E-state index contributed by atoms with van der Waals surface area (Å²) in [4.78, 5) is 32.9. The summed E-state index contributed by atoms with van der Waals surface area (Å²) in [5.74, 6) is 0.151. The van der Waals surface area contributed by atoms with E-state index in [2.05, 4.69) is 9.88 Å². The van der Waals surface area contributed by atoms with Gasteiger partial charge in [0.15, 0.2) is 5.78 Å². The van der Waals surface area contributed by atoms with Crippen molar-refractivity contribution in [2.24, 2.45) is 0 Å². The molecule has 1 saturated heterocycles. The second kappa shape index (κ2) is 7.57. The van der Waals surface area contributed by atoms with Crippen LogP contribution in [0.15, 0.2) is 42.7 Å². The first-order valence-electron chi connectivity index (χ1n) is 8.56. The summed E-state index contributed by atoms with van der Waals surface area (Å²) >= 11 is 0. The molecular formula is C20H23N3O2. The van der Waals surface area contributed by atoms with Gasteiger partial charge >= 0.3 is 0 Å². The smallest absolute Gasteiger partial charge is 0.255 e. The molecule has 2 aromatic rings. The number of rotatable bonds is 4. The van der Waals surface area contributed by atoms with E-state index in [0.29, 0.717) is 38.3 Å². The van der Waals surface area contributed by atoms with Gasteiger partial charge in [0.1, 0.15) is 0 Å². The molecule has 0 spiro atoms. The molecule has 2 heterocycles. The Bertz CT molecular complexity index is 766. The van der Waals surface area contributed by atoms with Gasteiger partial charge in [-0.1, -0.05) is 23.8 Å². The normalized spacial score (nSPS) is 15.2. The molecule has 0 bridgehead atoms. The van der Waals surface area contributed by atoms with Crippen molar-refractivity contribution in [3.05, 3.63) is 65.0 Å². The topological polar surface area (TPSA) is 53.5 Å².